The van der Waals surface area contributed by atoms with E-state index in [-0.39, 0.29) is 6.79 Å². The molecule has 0 unspecified atom stereocenters. The van der Waals surface area contributed by atoms with E-state index >= 15 is 0 Å². The lowest BCUT2D eigenvalue weighted by Gasteiger charge is -2.12. The van der Waals surface area contributed by atoms with Crippen LogP contribution in [-0.2, 0) is 0 Å². The standard InChI is InChI=1S/C22H18O5/c1-23-20-13-17(14-21(24-2)22(20)25-3)9-7-5-4-6-8-16-10-11-18-19(12-16)27-15-26-18/h4-5,10-14H,15H2,1-3H3/b5-4-. The van der Waals surface area contributed by atoms with Gasteiger partial charge in [-0.25, -0.2) is 0 Å². The van der Waals surface area contributed by atoms with Gasteiger partial charge in [0, 0.05) is 11.1 Å². The maximum atomic E-state index is 5.33. The van der Waals surface area contributed by atoms with Gasteiger partial charge in [0.1, 0.15) is 0 Å². The van der Waals surface area contributed by atoms with Gasteiger partial charge < -0.3 is 23.7 Å². The molecule has 0 fully saturated rings. The minimum atomic E-state index is 0.253. The first-order valence-electron chi connectivity index (χ1n) is 8.13. The molecule has 5 heteroatoms. The second-order valence-corrected chi connectivity index (χ2v) is 5.35. The highest BCUT2D eigenvalue weighted by Gasteiger charge is 2.13. The summed E-state index contributed by atoms with van der Waals surface area (Å²) in [6, 6.07) is 9.17. The molecule has 2 aromatic rings. The van der Waals surface area contributed by atoms with Crippen molar-refractivity contribution in [3.8, 4) is 52.4 Å². The third kappa shape index (κ3) is 4.29. The third-order valence-electron chi connectivity index (χ3n) is 3.72. The normalized spacial score (nSPS) is 11.2. The van der Waals surface area contributed by atoms with Gasteiger partial charge in [0.25, 0.3) is 0 Å². The fourth-order valence-electron chi connectivity index (χ4n) is 2.46. The monoisotopic (exact) mass is 362 g/mol. The molecule has 0 spiro atoms. The minimum Gasteiger partial charge on any atom is -0.493 e. The summed E-state index contributed by atoms with van der Waals surface area (Å²) >= 11 is 0. The second-order valence-electron chi connectivity index (χ2n) is 5.35. The molecule has 0 aromatic heterocycles. The average molecular weight is 362 g/mol. The van der Waals surface area contributed by atoms with Crippen molar-refractivity contribution in [1.82, 2.24) is 0 Å². The van der Waals surface area contributed by atoms with Gasteiger partial charge in [-0.3, -0.25) is 0 Å². The Hall–Kier alpha value is -3.70. The zero-order chi connectivity index (χ0) is 19.1. The predicted octanol–water partition coefficient (Wildman–Crippen LogP) is 3.40. The number of fused-ring (bicyclic) bond motifs is 1. The van der Waals surface area contributed by atoms with Crippen molar-refractivity contribution in [2.45, 2.75) is 0 Å². The summed E-state index contributed by atoms with van der Waals surface area (Å²) in [7, 11) is 4.70. The molecule has 0 bridgehead atoms. The van der Waals surface area contributed by atoms with Crippen molar-refractivity contribution in [3.05, 3.63) is 53.6 Å². The molecule has 1 aliphatic heterocycles. The highest BCUT2D eigenvalue weighted by Crippen LogP contribution is 2.37. The van der Waals surface area contributed by atoms with Crippen LogP contribution in [0.1, 0.15) is 11.1 Å². The summed E-state index contributed by atoms with van der Waals surface area (Å²) < 4.78 is 26.5. The molecule has 0 radical (unpaired) electrons. The molecule has 1 heterocycles. The first-order valence-corrected chi connectivity index (χ1v) is 8.13. The molecule has 3 rings (SSSR count). The molecule has 136 valence electrons. The van der Waals surface area contributed by atoms with Crippen molar-refractivity contribution >= 4 is 0 Å². The molecule has 0 amide bonds. The number of benzene rings is 2. The molecular weight excluding hydrogens is 344 g/mol. The van der Waals surface area contributed by atoms with Gasteiger partial charge >= 0.3 is 0 Å². The van der Waals surface area contributed by atoms with E-state index in [1.165, 1.54) is 0 Å². The Morgan fingerprint density at radius 1 is 0.778 bits per heavy atom. The van der Waals surface area contributed by atoms with Crippen LogP contribution in [0.2, 0.25) is 0 Å². The lowest BCUT2D eigenvalue weighted by atomic mass is 10.2. The van der Waals surface area contributed by atoms with E-state index < -0.39 is 0 Å². The maximum Gasteiger partial charge on any atom is 0.231 e. The van der Waals surface area contributed by atoms with Crippen LogP contribution >= 0.6 is 0 Å². The summed E-state index contributed by atoms with van der Waals surface area (Å²) in [5.41, 5.74) is 1.60. The van der Waals surface area contributed by atoms with Crippen LogP contribution in [0.25, 0.3) is 0 Å². The van der Waals surface area contributed by atoms with Gasteiger partial charge in [0.15, 0.2) is 23.0 Å². The molecule has 0 atom stereocenters. The van der Waals surface area contributed by atoms with Gasteiger partial charge in [0.05, 0.1) is 21.3 Å². The van der Waals surface area contributed by atoms with Crippen LogP contribution in [0, 0.1) is 23.7 Å². The largest absolute Gasteiger partial charge is 0.493 e. The fourth-order valence-corrected chi connectivity index (χ4v) is 2.46. The van der Waals surface area contributed by atoms with Gasteiger partial charge in [-0.1, -0.05) is 23.7 Å². The number of hydrogen-bond donors (Lipinski definition) is 0. The maximum absolute atomic E-state index is 5.33. The minimum absolute atomic E-state index is 0.253. The van der Waals surface area contributed by atoms with Gasteiger partial charge in [0.2, 0.25) is 12.5 Å². The van der Waals surface area contributed by atoms with Crippen molar-refractivity contribution in [3.63, 3.8) is 0 Å². The average Bonchev–Trinajstić information content (AvgIpc) is 3.17. The summed E-state index contributed by atoms with van der Waals surface area (Å²) in [6.07, 6.45) is 3.37. The van der Waals surface area contributed by atoms with Gasteiger partial charge in [-0.05, 0) is 42.5 Å². The fraction of sp³-hybridized carbons (Fsp3) is 0.182. The van der Waals surface area contributed by atoms with Crippen LogP contribution in [-0.4, -0.2) is 28.1 Å². The predicted molar refractivity (Wildman–Crippen MR) is 102 cm³/mol. The molecule has 2 aromatic carbocycles. The number of allylic oxidation sites excluding steroid dienone is 2. The van der Waals surface area contributed by atoms with Crippen molar-refractivity contribution < 1.29 is 23.7 Å². The molecular formula is C22H18O5. The lowest BCUT2D eigenvalue weighted by molar-refractivity contribution is 0.174. The number of methoxy groups -OCH3 is 3. The van der Waals surface area contributed by atoms with Crippen molar-refractivity contribution in [1.29, 1.82) is 0 Å². The highest BCUT2D eigenvalue weighted by molar-refractivity contribution is 5.57. The van der Waals surface area contributed by atoms with Crippen LogP contribution in [0.15, 0.2) is 42.5 Å². The Bertz CT molecular complexity index is 958. The smallest absolute Gasteiger partial charge is 0.231 e. The van der Waals surface area contributed by atoms with Crippen molar-refractivity contribution in [2.24, 2.45) is 0 Å². The van der Waals surface area contributed by atoms with Crippen LogP contribution in [0.5, 0.6) is 28.7 Å². The van der Waals surface area contributed by atoms with E-state index in [4.69, 9.17) is 23.7 Å². The number of ether oxygens (including phenoxy) is 5. The van der Waals surface area contributed by atoms with Crippen molar-refractivity contribution in [2.75, 3.05) is 28.1 Å². The van der Waals surface area contributed by atoms with E-state index in [1.54, 1.807) is 45.6 Å². The van der Waals surface area contributed by atoms with E-state index in [1.807, 2.05) is 18.2 Å². The first kappa shape index (κ1) is 18.1. The third-order valence-corrected chi connectivity index (χ3v) is 3.72. The topological polar surface area (TPSA) is 46.2 Å². The quantitative estimate of drug-likeness (QED) is 0.783. The lowest BCUT2D eigenvalue weighted by Crippen LogP contribution is -1.95. The number of hydrogen-bond acceptors (Lipinski definition) is 5. The Morgan fingerprint density at radius 2 is 1.41 bits per heavy atom. The number of rotatable bonds is 3. The zero-order valence-electron chi connectivity index (χ0n) is 15.3. The van der Waals surface area contributed by atoms with E-state index in [2.05, 4.69) is 23.7 Å². The zero-order valence-corrected chi connectivity index (χ0v) is 15.3. The van der Waals surface area contributed by atoms with Crippen LogP contribution in [0.4, 0.5) is 0 Å². The molecule has 0 saturated carbocycles. The Labute approximate surface area is 158 Å². The van der Waals surface area contributed by atoms with Gasteiger partial charge in [-0.2, -0.15) is 0 Å². The highest BCUT2D eigenvalue weighted by atomic mass is 16.7. The van der Waals surface area contributed by atoms with E-state index in [0.717, 1.165) is 16.9 Å². The molecule has 5 nitrogen and oxygen atoms in total. The van der Waals surface area contributed by atoms with Crippen LogP contribution in [0.3, 0.4) is 0 Å². The summed E-state index contributed by atoms with van der Waals surface area (Å²) in [6.45, 7) is 0.253. The molecule has 1 aliphatic rings. The summed E-state index contributed by atoms with van der Waals surface area (Å²) in [4.78, 5) is 0. The Morgan fingerprint density at radius 3 is 2.04 bits per heavy atom. The van der Waals surface area contributed by atoms with E-state index in [0.29, 0.717) is 23.0 Å². The molecule has 0 saturated heterocycles. The van der Waals surface area contributed by atoms with Crippen LogP contribution < -0.4 is 23.7 Å². The summed E-state index contributed by atoms with van der Waals surface area (Å²) in [5, 5.41) is 0. The Kier molecular flexibility index (Phi) is 5.77. The van der Waals surface area contributed by atoms with Gasteiger partial charge in [-0.15, -0.1) is 0 Å². The molecule has 27 heavy (non-hydrogen) atoms. The summed E-state index contributed by atoms with van der Waals surface area (Å²) in [5.74, 6) is 15.1. The molecule has 0 N–H and O–H groups in total. The second kappa shape index (κ2) is 8.60. The Balaban J connectivity index is 1.70. The first-order chi connectivity index (χ1) is 13.2. The molecule has 0 aliphatic carbocycles. The van der Waals surface area contributed by atoms with E-state index in [9.17, 15) is 0 Å². The SMILES string of the molecule is COc1cc(C#C/C=C\C#Cc2ccc3c(c2)OCO3)cc(OC)c1OC.